The first-order valence-electron chi connectivity index (χ1n) is 10.5. The highest BCUT2D eigenvalue weighted by atomic mass is 16.5. The van der Waals surface area contributed by atoms with Crippen LogP contribution in [0.3, 0.4) is 0 Å². The zero-order valence-electron chi connectivity index (χ0n) is 17.9. The first kappa shape index (κ1) is 21.9. The minimum absolute atomic E-state index is 0.0362. The Kier molecular flexibility index (Phi) is 7.18. The third-order valence-corrected chi connectivity index (χ3v) is 5.95. The van der Waals surface area contributed by atoms with Crippen LogP contribution in [0.4, 0.5) is 5.69 Å². The molecule has 0 aromatic heterocycles. The van der Waals surface area contributed by atoms with Crippen LogP contribution in [0.2, 0.25) is 0 Å². The summed E-state index contributed by atoms with van der Waals surface area (Å²) >= 11 is 0. The van der Waals surface area contributed by atoms with Crippen LogP contribution >= 0.6 is 0 Å². The number of amides is 2. The fourth-order valence-corrected chi connectivity index (χ4v) is 4.33. The van der Waals surface area contributed by atoms with Crippen molar-refractivity contribution in [1.29, 1.82) is 0 Å². The summed E-state index contributed by atoms with van der Waals surface area (Å²) in [6.07, 6.45) is 6.05. The highest BCUT2D eigenvalue weighted by Gasteiger charge is 2.34. The van der Waals surface area contributed by atoms with Crippen molar-refractivity contribution in [3.63, 3.8) is 0 Å². The first-order chi connectivity index (χ1) is 14.5. The molecule has 3 rings (SSSR count). The van der Waals surface area contributed by atoms with Gasteiger partial charge in [0, 0.05) is 18.0 Å². The number of rotatable bonds is 6. The Morgan fingerprint density at radius 3 is 2.30 bits per heavy atom. The topological polar surface area (TPSA) is 94.2 Å². The van der Waals surface area contributed by atoms with Crippen LogP contribution in [0.25, 0.3) is 0 Å². The molecule has 30 heavy (non-hydrogen) atoms. The number of hydrogen-bond donors (Lipinski definition) is 1. The lowest BCUT2D eigenvalue weighted by Gasteiger charge is -2.34. The van der Waals surface area contributed by atoms with E-state index < -0.39 is 12.0 Å². The lowest BCUT2D eigenvalue weighted by molar-refractivity contribution is -0.147. The molecule has 8 heteroatoms. The average molecular weight is 418 g/mol. The average Bonchev–Trinajstić information content (AvgIpc) is 3.32. The number of piperidine rings is 1. The maximum Gasteiger partial charge on any atom is 0.328 e. The van der Waals surface area contributed by atoms with Crippen molar-refractivity contribution in [1.82, 2.24) is 4.90 Å². The number of esters is 1. The van der Waals surface area contributed by atoms with Crippen molar-refractivity contribution >= 4 is 23.5 Å². The van der Waals surface area contributed by atoms with Crippen LogP contribution in [-0.2, 0) is 14.3 Å². The van der Waals surface area contributed by atoms with Crippen molar-refractivity contribution in [2.24, 2.45) is 5.92 Å². The number of anilines is 1. The second-order valence-electron chi connectivity index (χ2n) is 7.76. The lowest BCUT2D eigenvalue weighted by atomic mass is 10.00. The van der Waals surface area contributed by atoms with Gasteiger partial charge < -0.3 is 24.4 Å². The van der Waals surface area contributed by atoms with E-state index >= 15 is 0 Å². The minimum atomic E-state index is -0.610. The van der Waals surface area contributed by atoms with Gasteiger partial charge in [0.25, 0.3) is 5.91 Å². The predicted molar refractivity (Wildman–Crippen MR) is 111 cm³/mol. The van der Waals surface area contributed by atoms with Crippen LogP contribution in [0.15, 0.2) is 12.1 Å². The third-order valence-electron chi connectivity index (χ3n) is 5.95. The van der Waals surface area contributed by atoms with E-state index in [9.17, 15) is 14.4 Å². The van der Waals surface area contributed by atoms with E-state index in [1.165, 1.54) is 21.3 Å². The molecule has 1 N–H and O–H groups in total. The Labute approximate surface area is 176 Å². The quantitative estimate of drug-likeness (QED) is 0.714. The van der Waals surface area contributed by atoms with Crippen LogP contribution < -0.4 is 14.8 Å². The number of nitrogens with one attached hydrogen (secondary N) is 1. The number of benzene rings is 1. The van der Waals surface area contributed by atoms with Gasteiger partial charge in [0.05, 0.1) is 27.0 Å². The summed E-state index contributed by atoms with van der Waals surface area (Å²) in [4.78, 5) is 39.7. The highest BCUT2D eigenvalue weighted by molar-refractivity contribution is 6.01. The Morgan fingerprint density at radius 1 is 0.967 bits per heavy atom. The third kappa shape index (κ3) is 4.52. The van der Waals surface area contributed by atoms with E-state index in [2.05, 4.69) is 5.32 Å². The second-order valence-corrected chi connectivity index (χ2v) is 7.76. The van der Waals surface area contributed by atoms with Crippen molar-refractivity contribution in [2.45, 2.75) is 51.0 Å². The largest absolute Gasteiger partial charge is 0.493 e. The van der Waals surface area contributed by atoms with Gasteiger partial charge in [-0.15, -0.1) is 0 Å². The van der Waals surface area contributed by atoms with Crippen LogP contribution in [-0.4, -0.2) is 56.6 Å². The first-order valence-corrected chi connectivity index (χ1v) is 10.5. The van der Waals surface area contributed by atoms with Crippen molar-refractivity contribution in [3.8, 4) is 11.5 Å². The zero-order chi connectivity index (χ0) is 21.7. The monoisotopic (exact) mass is 418 g/mol. The van der Waals surface area contributed by atoms with Crippen LogP contribution in [0.5, 0.6) is 11.5 Å². The number of carbonyl (C=O) groups excluding carboxylic acids is 3. The summed E-state index contributed by atoms with van der Waals surface area (Å²) in [5.41, 5.74) is 0.717. The molecule has 2 aliphatic rings. The molecule has 2 fully saturated rings. The number of likely N-dealkylation sites (tertiary alicyclic amines) is 1. The van der Waals surface area contributed by atoms with Crippen molar-refractivity contribution < 1.29 is 28.6 Å². The fraction of sp³-hybridized carbons (Fsp3) is 0.591. The van der Waals surface area contributed by atoms with E-state index in [1.807, 2.05) is 0 Å². The number of carbonyl (C=O) groups is 3. The van der Waals surface area contributed by atoms with Gasteiger partial charge in [-0.3, -0.25) is 9.59 Å². The van der Waals surface area contributed by atoms with E-state index in [1.54, 1.807) is 17.0 Å². The number of hydrogen-bond acceptors (Lipinski definition) is 6. The second kappa shape index (κ2) is 9.82. The van der Waals surface area contributed by atoms with Crippen molar-refractivity contribution in [3.05, 3.63) is 17.7 Å². The van der Waals surface area contributed by atoms with Crippen molar-refractivity contribution in [2.75, 3.05) is 33.2 Å². The molecule has 0 bridgehead atoms. The highest BCUT2D eigenvalue weighted by Crippen LogP contribution is 2.38. The molecule has 1 saturated carbocycles. The summed E-state index contributed by atoms with van der Waals surface area (Å²) < 4.78 is 15.8. The molecule has 1 aromatic carbocycles. The lowest BCUT2D eigenvalue weighted by Crippen LogP contribution is -2.48. The normalized spacial score (nSPS) is 19.3. The van der Waals surface area contributed by atoms with Crippen LogP contribution in [0, 0.1) is 5.92 Å². The molecule has 0 radical (unpaired) electrons. The Bertz CT molecular complexity index is 803. The van der Waals surface area contributed by atoms with Gasteiger partial charge in [-0.2, -0.15) is 0 Å². The Hall–Kier alpha value is -2.77. The smallest absolute Gasteiger partial charge is 0.328 e. The summed E-state index contributed by atoms with van der Waals surface area (Å²) in [6, 6.07) is 2.57. The zero-order valence-corrected chi connectivity index (χ0v) is 17.9. The Morgan fingerprint density at radius 2 is 1.67 bits per heavy atom. The van der Waals surface area contributed by atoms with E-state index in [0.29, 0.717) is 35.7 Å². The fourth-order valence-electron chi connectivity index (χ4n) is 4.33. The molecular formula is C22H30N2O6. The Balaban J connectivity index is 1.92. The minimum Gasteiger partial charge on any atom is -0.493 e. The number of nitrogens with zero attached hydrogens (tertiary/aromatic N) is 1. The standard InChI is InChI=1S/C22H30N2O6/c1-28-18-13-15(21(26)24-11-7-6-10-17(24)22(27)30-3)12-16(19(18)29-2)23-20(25)14-8-4-5-9-14/h12-14,17H,4-11H2,1-3H3,(H,23,25). The molecular weight excluding hydrogens is 388 g/mol. The summed E-state index contributed by atoms with van der Waals surface area (Å²) in [5.74, 6) is -0.130. The molecule has 164 valence electrons. The molecule has 1 atom stereocenters. The van der Waals surface area contributed by atoms with E-state index in [0.717, 1.165) is 38.5 Å². The molecule has 1 aliphatic carbocycles. The molecule has 1 aliphatic heterocycles. The van der Waals surface area contributed by atoms with Gasteiger partial charge >= 0.3 is 5.97 Å². The van der Waals surface area contributed by atoms with Gasteiger partial charge in [0.1, 0.15) is 6.04 Å². The van der Waals surface area contributed by atoms with E-state index in [-0.39, 0.29) is 17.7 Å². The predicted octanol–water partition coefficient (Wildman–Crippen LogP) is 3.00. The molecule has 1 heterocycles. The number of methoxy groups -OCH3 is 3. The van der Waals surface area contributed by atoms with Gasteiger partial charge in [0.2, 0.25) is 5.91 Å². The van der Waals surface area contributed by atoms with Gasteiger partial charge in [-0.05, 0) is 44.2 Å². The summed E-state index contributed by atoms with van der Waals surface area (Å²) in [6.45, 7) is 0.469. The molecule has 2 amide bonds. The van der Waals surface area contributed by atoms with Crippen LogP contribution in [0.1, 0.15) is 55.3 Å². The molecule has 1 saturated heterocycles. The van der Waals surface area contributed by atoms with E-state index in [4.69, 9.17) is 14.2 Å². The van der Waals surface area contributed by atoms with Gasteiger partial charge in [-0.1, -0.05) is 12.8 Å². The molecule has 8 nitrogen and oxygen atoms in total. The van der Waals surface area contributed by atoms with Gasteiger partial charge in [0.15, 0.2) is 11.5 Å². The molecule has 1 unspecified atom stereocenters. The summed E-state index contributed by atoms with van der Waals surface area (Å²) in [7, 11) is 4.29. The number of ether oxygens (including phenoxy) is 3. The molecule has 0 spiro atoms. The maximum atomic E-state index is 13.3. The maximum absolute atomic E-state index is 13.3. The summed E-state index contributed by atoms with van der Waals surface area (Å²) in [5, 5.41) is 2.92. The van der Waals surface area contributed by atoms with Gasteiger partial charge in [-0.25, -0.2) is 4.79 Å². The SMILES string of the molecule is COC(=O)C1CCCCN1C(=O)c1cc(NC(=O)C2CCCC2)c(OC)c(OC)c1. The molecule has 1 aromatic rings.